The van der Waals surface area contributed by atoms with E-state index in [0.717, 1.165) is 12.0 Å². The van der Waals surface area contributed by atoms with Crippen molar-refractivity contribution < 1.29 is 14.3 Å². The molecule has 7 heteroatoms. The predicted molar refractivity (Wildman–Crippen MR) is 104 cm³/mol. The Kier molecular flexibility index (Phi) is 6.99. The molecule has 2 heterocycles. The van der Waals surface area contributed by atoms with Gasteiger partial charge in [-0.15, -0.1) is 0 Å². The van der Waals surface area contributed by atoms with Gasteiger partial charge in [0.1, 0.15) is 5.69 Å². The maximum absolute atomic E-state index is 12.8. The fraction of sp³-hybridized carbons (Fsp3) is 0.474. The van der Waals surface area contributed by atoms with Crippen LogP contribution in [0.3, 0.4) is 0 Å². The standard InChI is InChI=1S/C19H27N3O3S/c1-6-7-14-16(19(24)25-5)12(2)21-17(14)18(23)20-10-15(22(3)4)13-8-9-26-11-13/h8-9,11,15,21H,6-7,10H2,1-5H3,(H,20,23). The number of carbonyl (C=O) groups excluding carboxylic acids is 2. The van der Waals surface area contributed by atoms with E-state index < -0.39 is 5.97 Å². The Morgan fingerprint density at radius 2 is 2.12 bits per heavy atom. The molecular weight excluding hydrogens is 350 g/mol. The van der Waals surface area contributed by atoms with Gasteiger partial charge in [-0.1, -0.05) is 13.3 Å². The number of esters is 1. The summed E-state index contributed by atoms with van der Waals surface area (Å²) in [5.41, 5.74) is 3.49. The number of methoxy groups -OCH3 is 1. The van der Waals surface area contributed by atoms with Crippen molar-refractivity contribution in [1.29, 1.82) is 0 Å². The number of aromatic nitrogens is 1. The number of amides is 1. The Morgan fingerprint density at radius 1 is 1.38 bits per heavy atom. The van der Waals surface area contributed by atoms with Gasteiger partial charge in [0.05, 0.1) is 18.7 Å². The van der Waals surface area contributed by atoms with E-state index in [1.165, 1.54) is 12.7 Å². The Balaban J connectivity index is 2.22. The third kappa shape index (κ3) is 4.34. The van der Waals surface area contributed by atoms with Crippen LogP contribution in [0.1, 0.15) is 57.1 Å². The molecular formula is C19H27N3O3S. The zero-order valence-corrected chi connectivity index (χ0v) is 16.8. The molecule has 0 aliphatic rings. The molecule has 0 bridgehead atoms. The van der Waals surface area contributed by atoms with Crippen LogP contribution in [0.25, 0.3) is 0 Å². The molecule has 0 saturated heterocycles. The second-order valence-electron chi connectivity index (χ2n) is 6.47. The number of aryl methyl sites for hydroxylation is 1. The average molecular weight is 378 g/mol. The quantitative estimate of drug-likeness (QED) is 0.693. The van der Waals surface area contributed by atoms with Crippen LogP contribution in [-0.4, -0.2) is 49.5 Å². The van der Waals surface area contributed by atoms with Crippen molar-refractivity contribution >= 4 is 23.2 Å². The lowest BCUT2D eigenvalue weighted by Crippen LogP contribution is -2.35. The second kappa shape index (κ2) is 9.00. The minimum absolute atomic E-state index is 0.0935. The molecule has 26 heavy (non-hydrogen) atoms. The SMILES string of the molecule is CCCc1c(C(=O)NCC(c2ccsc2)N(C)C)[nH]c(C)c1C(=O)OC. The number of nitrogens with zero attached hydrogens (tertiary/aromatic N) is 1. The fourth-order valence-corrected chi connectivity index (χ4v) is 3.80. The first kappa shape index (κ1) is 20.2. The zero-order chi connectivity index (χ0) is 19.3. The first-order valence-electron chi connectivity index (χ1n) is 8.67. The summed E-state index contributed by atoms with van der Waals surface area (Å²) in [6.07, 6.45) is 1.47. The summed E-state index contributed by atoms with van der Waals surface area (Å²) >= 11 is 1.64. The van der Waals surface area contributed by atoms with Crippen LogP contribution in [0.5, 0.6) is 0 Å². The first-order valence-corrected chi connectivity index (χ1v) is 9.61. The Labute approximate surface area is 158 Å². The van der Waals surface area contributed by atoms with Crippen LogP contribution < -0.4 is 5.32 Å². The molecule has 0 spiro atoms. The number of hydrogen-bond donors (Lipinski definition) is 2. The molecule has 1 atom stereocenters. The lowest BCUT2D eigenvalue weighted by molar-refractivity contribution is 0.0599. The average Bonchev–Trinajstić information content (AvgIpc) is 3.23. The van der Waals surface area contributed by atoms with E-state index in [0.29, 0.717) is 29.9 Å². The molecule has 1 unspecified atom stereocenters. The van der Waals surface area contributed by atoms with Crippen molar-refractivity contribution in [2.24, 2.45) is 0 Å². The van der Waals surface area contributed by atoms with Gasteiger partial charge < -0.3 is 19.9 Å². The Bertz CT molecular complexity index is 750. The van der Waals surface area contributed by atoms with Crippen LogP contribution in [0, 0.1) is 6.92 Å². The van der Waals surface area contributed by atoms with Gasteiger partial charge in [-0.2, -0.15) is 11.3 Å². The topological polar surface area (TPSA) is 74.4 Å². The van der Waals surface area contributed by atoms with Crippen LogP contribution in [0.4, 0.5) is 0 Å². The van der Waals surface area contributed by atoms with Crippen molar-refractivity contribution in [3.8, 4) is 0 Å². The van der Waals surface area contributed by atoms with E-state index in [4.69, 9.17) is 4.74 Å². The van der Waals surface area contributed by atoms with Crippen molar-refractivity contribution in [3.05, 3.63) is 44.9 Å². The highest BCUT2D eigenvalue weighted by Crippen LogP contribution is 2.23. The van der Waals surface area contributed by atoms with Crippen molar-refractivity contribution in [1.82, 2.24) is 15.2 Å². The highest BCUT2D eigenvalue weighted by Gasteiger charge is 2.25. The second-order valence-corrected chi connectivity index (χ2v) is 7.25. The number of rotatable bonds is 8. The van der Waals surface area contributed by atoms with Crippen LogP contribution in [0.15, 0.2) is 16.8 Å². The smallest absolute Gasteiger partial charge is 0.339 e. The number of ether oxygens (including phenoxy) is 1. The third-order valence-corrected chi connectivity index (χ3v) is 5.12. The number of thiophene rings is 1. The Hall–Kier alpha value is -2.12. The van der Waals surface area contributed by atoms with E-state index in [2.05, 4.69) is 26.6 Å². The summed E-state index contributed by atoms with van der Waals surface area (Å²) in [6.45, 7) is 4.29. The normalized spacial score (nSPS) is 12.2. The van der Waals surface area contributed by atoms with Crippen LogP contribution in [0.2, 0.25) is 0 Å². The number of carbonyl (C=O) groups is 2. The van der Waals surface area contributed by atoms with Crippen LogP contribution in [-0.2, 0) is 11.2 Å². The summed E-state index contributed by atoms with van der Waals surface area (Å²) in [6, 6.07) is 2.16. The molecule has 0 aliphatic carbocycles. The highest BCUT2D eigenvalue weighted by molar-refractivity contribution is 7.07. The zero-order valence-electron chi connectivity index (χ0n) is 16.0. The van der Waals surface area contributed by atoms with Gasteiger partial charge >= 0.3 is 5.97 Å². The largest absolute Gasteiger partial charge is 0.465 e. The summed E-state index contributed by atoms with van der Waals surface area (Å²) in [7, 11) is 5.34. The molecule has 6 nitrogen and oxygen atoms in total. The van der Waals surface area contributed by atoms with E-state index in [9.17, 15) is 9.59 Å². The molecule has 0 saturated carbocycles. The number of nitrogens with one attached hydrogen (secondary N) is 2. The monoisotopic (exact) mass is 377 g/mol. The van der Waals surface area contributed by atoms with E-state index in [1.807, 2.05) is 26.4 Å². The molecule has 0 fully saturated rings. The maximum atomic E-state index is 12.8. The van der Waals surface area contributed by atoms with Gasteiger partial charge in [0.15, 0.2) is 0 Å². The minimum atomic E-state index is -0.411. The third-order valence-electron chi connectivity index (χ3n) is 4.41. The minimum Gasteiger partial charge on any atom is -0.465 e. The number of hydrogen-bond acceptors (Lipinski definition) is 5. The molecule has 1 amide bonds. The molecule has 2 rings (SSSR count). The molecule has 2 N–H and O–H groups in total. The lowest BCUT2D eigenvalue weighted by Gasteiger charge is -2.24. The fourth-order valence-electron chi connectivity index (χ4n) is 3.09. The van der Waals surface area contributed by atoms with Gasteiger partial charge in [0.2, 0.25) is 0 Å². The maximum Gasteiger partial charge on any atom is 0.339 e. The molecule has 142 valence electrons. The van der Waals surface area contributed by atoms with Crippen molar-refractivity contribution in [3.63, 3.8) is 0 Å². The summed E-state index contributed by atoms with van der Waals surface area (Å²) in [5, 5.41) is 7.13. The van der Waals surface area contributed by atoms with Gasteiger partial charge in [-0.3, -0.25) is 4.79 Å². The predicted octanol–water partition coefficient (Wildman–Crippen LogP) is 3.16. The van der Waals surface area contributed by atoms with Gasteiger partial charge in [0, 0.05) is 12.2 Å². The van der Waals surface area contributed by atoms with E-state index in [1.54, 1.807) is 18.3 Å². The molecule has 0 aromatic carbocycles. The number of aromatic amines is 1. The van der Waals surface area contributed by atoms with Crippen molar-refractivity contribution in [2.75, 3.05) is 27.7 Å². The van der Waals surface area contributed by atoms with Gasteiger partial charge in [-0.25, -0.2) is 4.79 Å². The van der Waals surface area contributed by atoms with E-state index in [-0.39, 0.29) is 11.9 Å². The molecule has 0 aliphatic heterocycles. The number of likely N-dealkylation sites (N-methyl/N-ethyl adjacent to an activating group) is 1. The van der Waals surface area contributed by atoms with Crippen LogP contribution >= 0.6 is 11.3 Å². The van der Waals surface area contributed by atoms with Crippen molar-refractivity contribution in [2.45, 2.75) is 32.7 Å². The first-order chi connectivity index (χ1) is 12.4. The molecule has 2 aromatic rings. The molecule has 0 radical (unpaired) electrons. The van der Waals surface area contributed by atoms with Gasteiger partial charge in [0.25, 0.3) is 5.91 Å². The highest BCUT2D eigenvalue weighted by atomic mass is 32.1. The summed E-state index contributed by atoms with van der Waals surface area (Å²) < 4.78 is 4.88. The Morgan fingerprint density at radius 3 is 2.65 bits per heavy atom. The summed E-state index contributed by atoms with van der Waals surface area (Å²) in [4.78, 5) is 30.1. The number of H-pyrrole nitrogens is 1. The van der Waals surface area contributed by atoms with Gasteiger partial charge in [-0.05, 0) is 55.4 Å². The molecule has 2 aromatic heterocycles. The lowest BCUT2D eigenvalue weighted by atomic mass is 10.0. The van der Waals surface area contributed by atoms with E-state index >= 15 is 0 Å². The summed E-state index contributed by atoms with van der Waals surface area (Å²) in [5.74, 6) is -0.612.